The van der Waals surface area contributed by atoms with Gasteiger partial charge in [0.05, 0.1) is 15.6 Å². The molecule has 12 heteroatoms. The molecule has 31 heavy (non-hydrogen) atoms. The number of rotatable bonds is 10. The number of carbonyl (C=O) groups excluding carboxylic acids is 1. The highest BCUT2D eigenvalue weighted by Gasteiger charge is 2.22. The number of aromatic nitrogens is 1. The van der Waals surface area contributed by atoms with E-state index in [1.807, 2.05) is 0 Å². The normalized spacial score (nSPS) is 11.5. The van der Waals surface area contributed by atoms with Gasteiger partial charge in [-0.1, -0.05) is 23.2 Å². The van der Waals surface area contributed by atoms with Crippen LogP contribution in [0, 0.1) is 0 Å². The molecule has 0 radical (unpaired) electrons. The molecular weight excluding hydrogens is 503 g/mol. The number of ketones is 1. The van der Waals surface area contributed by atoms with Gasteiger partial charge in [0, 0.05) is 29.4 Å². The van der Waals surface area contributed by atoms with Gasteiger partial charge < -0.3 is 5.11 Å². The lowest BCUT2D eigenvalue weighted by atomic mass is 10.1. The van der Waals surface area contributed by atoms with Gasteiger partial charge in [0.2, 0.25) is 15.8 Å². The molecule has 2 N–H and O–H groups in total. The van der Waals surface area contributed by atoms with E-state index in [4.69, 9.17) is 28.3 Å². The summed E-state index contributed by atoms with van der Waals surface area (Å²) in [6.45, 7) is 0.0224. The summed E-state index contributed by atoms with van der Waals surface area (Å²) in [6.07, 6.45) is 3.46. The van der Waals surface area contributed by atoms with Gasteiger partial charge in [-0.25, -0.2) is 13.1 Å². The summed E-state index contributed by atoms with van der Waals surface area (Å²) in [7, 11) is -3.87. The fraction of sp³-hybridized carbons (Fsp3) is 0.211. The molecule has 0 bridgehead atoms. The molecule has 0 fully saturated rings. The minimum Gasteiger partial charge on any atom is -0.481 e. The first-order valence-electron chi connectivity index (χ1n) is 8.90. The zero-order valence-corrected chi connectivity index (χ0v) is 19.8. The first-order chi connectivity index (χ1) is 14.7. The number of nitrogens with one attached hydrogen (secondary N) is 1. The van der Waals surface area contributed by atoms with Crippen LogP contribution < -0.4 is 4.72 Å². The monoisotopic (exact) mass is 518 g/mol. The van der Waals surface area contributed by atoms with E-state index in [9.17, 15) is 18.0 Å². The molecule has 0 aliphatic carbocycles. The Morgan fingerprint density at radius 3 is 2.55 bits per heavy atom. The SMILES string of the molecule is O=C(O)CCc1cc(CCNS(=O)(=O)c2cc(Cl)sc2Cl)c(C(=O)c2cccnc2)s1. The molecule has 164 valence electrons. The van der Waals surface area contributed by atoms with Crippen molar-refractivity contribution in [2.45, 2.75) is 24.2 Å². The largest absolute Gasteiger partial charge is 0.481 e. The summed E-state index contributed by atoms with van der Waals surface area (Å²) >= 11 is 13.9. The van der Waals surface area contributed by atoms with Gasteiger partial charge in [-0.05, 0) is 42.7 Å². The summed E-state index contributed by atoms with van der Waals surface area (Å²) in [5, 5.41) is 8.93. The van der Waals surface area contributed by atoms with E-state index in [2.05, 4.69) is 9.71 Å². The van der Waals surface area contributed by atoms with E-state index in [0.717, 1.165) is 16.2 Å². The van der Waals surface area contributed by atoms with Crippen LogP contribution in [0.2, 0.25) is 8.67 Å². The fourth-order valence-corrected chi connectivity index (χ4v) is 7.10. The first-order valence-corrected chi connectivity index (χ1v) is 12.8. The Bertz CT molecular complexity index is 1210. The van der Waals surface area contributed by atoms with E-state index in [1.54, 1.807) is 24.4 Å². The third-order valence-corrected chi connectivity index (χ3v) is 8.63. The molecule has 3 aromatic heterocycles. The molecule has 0 atom stereocenters. The van der Waals surface area contributed by atoms with Crippen molar-refractivity contribution in [1.29, 1.82) is 0 Å². The van der Waals surface area contributed by atoms with Gasteiger partial charge in [0.1, 0.15) is 9.23 Å². The van der Waals surface area contributed by atoms with Crippen LogP contribution in [0.3, 0.4) is 0 Å². The maximum absolute atomic E-state index is 12.9. The zero-order valence-electron chi connectivity index (χ0n) is 15.8. The van der Waals surface area contributed by atoms with Crippen LogP contribution in [0.15, 0.2) is 41.6 Å². The maximum atomic E-state index is 12.9. The number of nitrogens with zero attached hydrogens (tertiary/aromatic N) is 1. The van der Waals surface area contributed by atoms with Crippen molar-refractivity contribution in [3.63, 3.8) is 0 Å². The topological polar surface area (TPSA) is 113 Å². The Labute approximate surface area is 196 Å². The maximum Gasteiger partial charge on any atom is 0.303 e. The Morgan fingerprint density at radius 2 is 1.94 bits per heavy atom. The van der Waals surface area contributed by atoms with E-state index in [-0.39, 0.29) is 45.2 Å². The number of hydrogen-bond acceptors (Lipinski definition) is 7. The number of pyridine rings is 1. The highest BCUT2D eigenvalue weighted by Crippen LogP contribution is 2.34. The third-order valence-electron chi connectivity index (χ3n) is 4.18. The van der Waals surface area contributed by atoms with Crippen molar-refractivity contribution in [2.75, 3.05) is 6.54 Å². The molecule has 0 amide bonds. The molecule has 0 aliphatic rings. The van der Waals surface area contributed by atoms with Crippen molar-refractivity contribution < 1.29 is 23.1 Å². The highest BCUT2D eigenvalue weighted by molar-refractivity contribution is 7.89. The molecule has 3 heterocycles. The Kier molecular flexibility index (Phi) is 7.84. The van der Waals surface area contributed by atoms with Crippen molar-refractivity contribution in [3.05, 3.63) is 66.2 Å². The van der Waals surface area contributed by atoms with Crippen molar-refractivity contribution in [2.24, 2.45) is 0 Å². The quantitative estimate of drug-likeness (QED) is 0.387. The van der Waals surface area contributed by atoms with Crippen LogP contribution >= 0.6 is 45.9 Å². The number of hydrogen-bond donors (Lipinski definition) is 2. The van der Waals surface area contributed by atoms with E-state index in [0.29, 0.717) is 16.0 Å². The number of sulfonamides is 1. The molecule has 0 spiro atoms. The number of carboxylic acid groups (broad SMARTS) is 1. The van der Waals surface area contributed by atoms with Crippen LogP contribution in [0.1, 0.15) is 32.1 Å². The number of carbonyl (C=O) groups is 2. The van der Waals surface area contributed by atoms with Crippen LogP contribution in [0.25, 0.3) is 0 Å². The summed E-state index contributed by atoms with van der Waals surface area (Å²) in [4.78, 5) is 28.9. The molecule has 0 saturated carbocycles. The van der Waals surface area contributed by atoms with Gasteiger partial charge in [0.15, 0.2) is 0 Å². The Hall–Kier alpha value is -1.82. The molecule has 0 unspecified atom stereocenters. The van der Waals surface area contributed by atoms with Gasteiger partial charge >= 0.3 is 5.97 Å². The predicted molar refractivity (Wildman–Crippen MR) is 121 cm³/mol. The standard InChI is InChI=1S/C19H16Cl2N2O5S3/c20-15-9-14(19(21)30-15)31(27,28)23-7-5-11-8-13(3-4-16(24)25)29-18(11)17(26)12-2-1-6-22-10-12/h1-2,6,8-10,23H,3-5,7H2,(H,24,25). The summed E-state index contributed by atoms with van der Waals surface area (Å²) in [5.41, 5.74) is 1.03. The van der Waals surface area contributed by atoms with Crippen LogP contribution in [-0.4, -0.2) is 36.8 Å². The number of aryl methyl sites for hydroxylation is 1. The molecule has 0 aliphatic heterocycles. The number of carboxylic acids is 1. The van der Waals surface area contributed by atoms with Crippen molar-refractivity contribution in [1.82, 2.24) is 9.71 Å². The second-order valence-corrected chi connectivity index (χ2v) is 11.5. The lowest BCUT2D eigenvalue weighted by Gasteiger charge is -2.06. The molecular formula is C19H16Cl2N2O5S3. The second-order valence-electron chi connectivity index (χ2n) is 6.37. The smallest absolute Gasteiger partial charge is 0.303 e. The fourth-order valence-electron chi connectivity index (χ4n) is 2.75. The molecule has 3 aromatic rings. The number of halogens is 2. The summed E-state index contributed by atoms with van der Waals surface area (Å²) < 4.78 is 27.8. The van der Waals surface area contributed by atoms with E-state index < -0.39 is 16.0 Å². The minimum atomic E-state index is -3.87. The van der Waals surface area contributed by atoms with E-state index in [1.165, 1.54) is 23.6 Å². The van der Waals surface area contributed by atoms with Crippen molar-refractivity contribution in [3.8, 4) is 0 Å². The van der Waals surface area contributed by atoms with Gasteiger partial charge in [-0.2, -0.15) is 0 Å². The summed E-state index contributed by atoms with van der Waals surface area (Å²) in [5.74, 6) is -1.18. The Morgan fingerprint density at radius 1 is 1.16 bits per heavy atom. The van der Waals surface area contributed by atoms with Crippen LogP contribution in [0.5, 0.6) is 0 Å². The zero-order chi connectivity index (χ0) is 22.6. The van der Waals surface area contributed by atoms with E-state index >= 15 is 0 Å². The third kappa shape index (κ3) is 6.12. The molecule has 3 rings (SSSR count). The molecule has 0 saturated heterocycles. The lowest BCUT2D eigenvalue weighted by molar-refractivity contribution is -0.136. The second kappa shape index (κ2) is 10.2. The number of thiophene rings is 2. The van der Waals surface area contributed by atoms with Crippen LogP contribution in [0.4, 0.5) is 0 Å². The van der Waals surface area contributed by atoms with Gasteiger partial charge in [0.25, 0.3) is 0 Å². The average Bonchev–Trinajstić information content (AvgIpc) is 3.29. The average molecular weight is 519 g/mol. The highest BCUT2D eigenvalue weighted by atomic mass is 35.5. The molecule has 7 nitrogen and oxygen atoms in total. The van der Waals surface area contributed by atoms with Crippen molar-refractivity contribution >= 4 is 67.7 Å². The lowest BCUT2D eigenvalue weighted by Crippen LogP contribution is -2.26. The predicted octanol–water partition coefficient (Wildman–Crippen LogP) is 4.28. The van der Waals surface area contributed by atoms with Crippen LogP contribution in [-0.2, 0) is 27.7 Å². The summed E-state index contributed by atoms with van der Waals surface area (Å²) in [6, 6.07) is 6.32. The van der Waals surface area contributed by atoms with Gasteiger partial charge in [-0.3, -0.25) is 14.6 Å². The Balaban J connectivity index is 1.79. The number of aliphatic carboxylic acids is 1. The minimum absolute atomic E-state index is 0.0224. The van der Waals surface area contributed by atoms with Gasteiger partial charge in [-0.15, -0.1) is 22.7 Å². The first kappa shape index (κ1) is 23.8. The molecule has 0 aromatic carbocycles.